The SMILES string of the molecule is CCCCOc1ccc(/C=C2\SC(=O)N(Cc3cccc(Cl)c3)C2=O)cc1OC. The zero-order valence-corrected chi connectivity index (χ0v) is 17.9. The van der Waals surface area contributed by atoms with Crippen LogP contribution < -0.4 is 9.47 Å². The lowest BCUT2D eigenvalue weighted by Gasteiger charge is -2.12. The summed E-state index contributed by atoms with van der Waals surface area (Å²) in [6.07, 6.45) is 3.71. The van der Waals surface area contributed by atoms with Crippen LogP contribution in [-0.2, 0) is 11.3 Å². The molecule has 0 N–H and O–H groups in total. The fourth-order valence-electron chi connectivity index (χ4n) is 2.83. The number of amides is 2. The largest absolute Gasteiger partial charge is 0.493 e. The number of hydrogen-bond donors (Lipinski definition) is 0. The first kappa shape index (κ1) is 21.3. The van der Waals surface area contributed by atoms with Crippen molar-refractivity contribution in [3.8, 4) is 11.5 Å². The molecule has 2 amide bonds. The molecule has 0 aliphatic carbocycles. The zero-order valence-electron chi connectivity index (χ0n) is 16.3. The number of halogens is 1. The van der Waals surface area contributed by atoms with Gasteiger partial charge in [-0.3, -0.25) is 14.5 Å². The van der Waals surface area contributed by atoms with Crippen LogP contribution in [0.1, 0.15) is 30.9 Å². The smallest absolute Gasteiger partial charge is 0.293 e. The Balaban J connectivity index is 1.76. The van der Waals surface area contributed by atoms with Crippen molar-refractivity contribution in [3.05, 3.63) is 63.5 Å². The molecule has 1 aliphatic rings. The van der Waals surface area contributed by atoms with E-state index in [0.29, 0.717) is 28.0 Å². The Labute approximate surface area is 179 Å². The number of thioether (sulfide) groups is 1. The van der Waals surface area contributed by atoms with Crippen molar-refractivity contribution < 1.29 is 19.1 Å². The Morgan fingerprint density at radius 1 is 1.14 bits per heavy atom. The highest BCUT2D eigenvalue weighted by molar-refractivity contribution is 8.18. The third-order valence-electron chi connectivity index (χ3n) is 4.34. The monoisotopic (exact) mass is 431 g/mol. The number of unbranched alkanes of at least 4 members (excludes halogenated alkanes) is 1. The second-order valence-corrected chi connectivity index (χ2v) is 7.94. The summed E-state index contributed by atoms with van der Waals surface area (Å²) in [6, 6.07) is 12.6. The molecule has 1 saturated heterocycles. The van der Waals surface area contributed by atoms with Gasteiger partial charge in [-0.15, -0.1) is 0 Å². The number of nitrogens with zero attached hydrogens (tertiary/aromatic N) is 1. The van der Waals surface area contributed by atoms with Crippen molar-refractivity contribution in [1.29, 1.82) is 0 Å². The topological polar surface area (TPSA) is 55.8 Å². The quantitative estimate of drug-likeness (QED) is 0.392. The summed E-state index contributed by atoms with van der Waals surface area (Å²) in [7, 11) is 1.57. The van der Waals surface area contributed by atoms with Gasteiger partial charge >= 0.3 is 0 Å². The minimum absolute atomic E-state index is 0.191. The molecule has 0 spiro atoms. The summed E-state index contributed by atoms with van der Waals surface area (Å²) >= 11 is 6.92. The number of carbonyl (C=O) groups excluding carboxylic acids is 2. The Hall–Kier alpha value is -2.44. The van der Waals surface area contributed by atoms with Gasteiger partial charge in [0.2, 0.25) is 0 Å². The Morgan fingerprint density at radius 3 is 2.69 bits per heavy atom. The van der Waals surface area contributed by atoms with Gasteiger partial charge in [0.05, 0.1) is 25.2 Å². The van der Waals surface area contributed by atoms with Gasteiger partial charge in [0.25, 0.3) is 11.1 Å². The summed E-state index contributed by atoms with van der Waals surface area (Å²) in [5.74, 6) is 0.933. The van der Waals surface area contributed by atoms with E-state index in [2.05, 4.69) is 6.92 Å². The highest BCUT2D eigenvalue weighted by Crippen LogP contribution is 2.35. The number of ether oxygens (including phenoxy) is 2. The summed E-state index contributed by atoms with van der Waals surface area (Å²) in [4.78, 5) is 26.7. The number of methoxy groups -OCH3 is 1. The average Bonchev–Trinajstić information content (AvgIpc) is 2.96. The fraction of sp³-hybridized carbons (Fsp3) is 0.273. The van der Waals surface area contributed by atoms with Crippen molar-refractivity contribution in [2.24, 2.45) is 0 Å². The lowest BCUT2D eigenvalue weighted by atomic mass is 10.1. The molecule has 0 unspecified atom stereocenters. The third-order valence-corrected chi connectivity index (χ3v) is 5.49. The van der Waals surface area contributed by atoms with Gasteiger partial charge in [-0.1, -0.05) is 43.1 Å². The molecule has 0 atom stereocenters. The maximum atomic E-state index is 12.7. The summed E-state index contributed by atoms with van der Waals surface area (Å²) in [5, 5.41) is 0.270. The van der Waals surface area contributed by atoms with Crippen LogP contribution in [0.5, 0.6) is 11.5 Å². The van der Waals surface area contributed by atoms with Crippen LogP contribution in [0.2, 0.25) is 5.02 Å². The standard InChI is InChI=1S/C22H22ClNO4S/c1-3-4-10-28-18-9-8-15(12-19(18)27-2)13-20-21(25)24(22(26)29-20)14-16-6-5-7-17(23)11-16/h5-9,11-13H,3-4,10,14H2,1-2H3/b20-13-. The van der Waals surface area contributed by atoms with Gasteiger partial charge in [-0.05, 0) is 59.7 Å². The van der Waals surface area contributed by atoms with Crippen LogP contribution in [0.25, 0.3) is 6.08 Å². The molecule has 29 heavy (non-hydrogen) atoms. The van der Waals surface area contributed by atoms with E-state index in [4.69, 9.17) is 21.1 Å². The number of carbonyl (C=O) groups is 2. The second-order valence-electron chi connectivity index (χ2n) is 6.51. The van der Waals surface area contributed by atoms with E-state index in [1.54, 1.807) is 37.5 Å². The molecule has 2 aromatic carbocycles. The molecule has 5 nitrogen and oxygen atoms in total. The van der Waals surface area contributed by atoms with Crippen molar-refractivity contribution in [2.75, 3.05) is 13.7 Å². The van der Waals surface area contributed by atoms with Gasteiger partial charge in [-0.25, -0.2) is 0 Å². The van der Waals surface area contributed by atoms with Crippen molar-refractivity contribution >= 4 is 40.6 Å². The van der Waals surface area contributed by atoms with Crippen LogP contribution in [0.15, 0.2) is 47.4 Å². The molecule has 0 bridgehead atoms. The predicted molar refractivity (Wildman–Crippen MR) is 116 cm³/mol. The molecule has 0 aromatic heterocycles. The fourth-order valence-corrected chi connectivity index (χ4v) is 3.88. The molecular weight excluding hydrogens is 410 g/mol. The first-order chi connectivity index (χ1) is 14.0. The van der Waals surface area contributed by atoms with Gasteiger partial charge in [0.1, 0.15) is 0 Å². The first-order valence-electron chi connectivity index (χ1n) is 9.32. The summed E-state index contributed by atoms with van der Waals surface area (Å²) < 4.78 is 11.1. The molecule has 1 fully saturated rings. The summed E-state index contributed by atoms with van der Waals surface area (Å²) in [6.45, 7) is 2.91. The molecular formula is C22H22ClNO4S. The van der Waals surface area contributed by atoms with Gasteiger partial charge in [-0.2, -0.15) is 0 Å². The highest BCUT2D eigenvalue weighted by atomic mass is 35.5. The van der Waals surface area contributed by atoms with Crippen LogP contribution >= 0.6 is 23.4 Å². The van der Waals surface area contributed by atoms with E-state index in [-0.39, 0.29) is 17.7 Å². The van der Waals surface area contributed by atoms with Crippen LogP contribution in [0.4, 0.5) is 4.79 Å². The Kier molecular flexibility index (Phi) is 7.23. The lowest BCUT2D eigenvalue weighted by Crippen LogP contribution is -2.27. The Morgan fingerprint density at radius 2 is 1.97 bits per heavy atom. The van der Waals surface area contributed by atoms with Crippen LogP contribution in [0.3, 0.4) is 0 Å². The van der Waals surface area contributed by atoms with Gasteiger partial charge in [0, 0.05) is 5.02 Å². The molecule has 1 aliphatic heterocycles. The Bertz CT molecular complexity index is 944. The van der Waals surface area contributed by atoms with E-state index in [1.165, 1.54) is 4.90 Å². The summed E-state index contributed by atoms with van der Waals surface area (Å²) in [5.41, 5.74) is 1.56. The van der Waals surface area contributed by atoms with E-state index < -0.39 is 0 Å². The first-order valence-corrected chi connectivity index (χ1v) is 10.5. The second kappa shape index (κ2) is 9.85. The van der Waals surface area contributed by atoms with E-state index >= 15 is 0 Å². The van der Waals surface area contributed by atoms with Crippen molar-refractivity contribution in [2.45, 2.75) is 26.3 Å². The normalized spacial score (nSPS) is 15.3. The molecule has 7 heteroatoms. The van der Waals surface area contributed by atoms with Crippen LogP contribution in [0, 0.1) is 0 Å². The number of hydrogen-bond acceptors (Lipinski definition) is 5. The molecule has 0 radical (unpaired) electrons. The third kappa shape index (κ3) is 5.34. The van der Waals surface area contributed by atoms with Crippen molar-refractivity contribution in [1.82, 2.24) is 4.90 Å². The molecule has 2 aromatic rings. The van der Waals surface area contributed by atoms with Crippen molar-refractivity contribution in [3.63, 3.8) is 0 Å². The van der Waals surface area contributed by atoms with Crippen LogP contribution in [-0.4, -0.2) is 29.8 Å². The maximum absolute atomic E-state index is 12.7. The minimum atomic E-state index is -0.317. The number of benzene rings is 2. The number of rotatable bonds is 8. The molecule has 1 heterocycles. The highest BCUT2D eigenvalue weighted by Gasteiger charge is 2.35. The van der Waals surface area contributed by atoms with Gasteiger partial charge in [0.15, 0.2) is 11.5 Å². The zero-order chi connectivity index (χ0) is 20.8. The number of imide groups is 1. The molecule has 3 rings (SSSR count). The minimum Gasteiger partial charge on any atom is -0.493 e. The van der Waals surface area contributed by atoms with E-state index in [9.17, 15) is 9.59 Å². The van der Waals surface area contributed by atoms with E-state index in [0.717, 1.165) is 35.7 Å². The molecule has 152 valence electrons. The lowest BCUT2D eigenvalue weighted by molar-refractivity contribution is -0.123. The van der Waals surface area contributed by atoms with Gasteiger partial charge < -0.3 is 9.47 Å². The predicted octanol–water partition coefficient (Wildman–Crippen LogP) is 5.76. The molecule has 0 saturated carbocycles. The maximum Gasteiger partial charge on any atom is 0.293 e. The average molecular weight is 432 g/mol. The van der Waals surface area contributed by atoms with E-state index in [1.807, 2.05) is 18.2 Å².